The molecule has 0 saturated carbocycles. The fraction of sp³-hybridized carbons (Fsp3) is 0.333. The van der Waals surface area contributed by atoms with Crippen LogP contribution in [0.1, 0.15) is 23.7 Å². The fourth-order valence-electron chi connectivity index (χ4n) is 2.17. The number of nitrogens with one attached hydrogen (secondary N) is 1. The predicted molar refractivity (Wildman–Crippen MR) is 86.7 cm³/mol. The summed E-state index contributed by atoms with van der Waals surface area (Å²) >= 11 is 0. The van der Waals surface area contributed by atoms with Gasteiger partial charge in [-0.05, 0) is 43.3 Å². The summed E-state index contributed by atoms with van der Waals surface area (Å²) in [7, 11) is 1.82. The van der Waals surface area contributed by atoms with Crippen molar-refractivity contribution >= 4 is 0 Å². The maximum Gasteiger partial charge on any atom is 0.119 e. The van der Waals surface area contributed by atoms with Gasteiger partial charge in [-0.1, -0.05) is 42.5 Å². The number of hydrogen-bond acceptors (Lipinski definition) is 4. The van der Waals surface area contributed by atoms with Crippen LogP contribution in [0.3, 0.4) is 0 Å². The molecule has 0 aromatic heterocycles. The Balaban J connectivity index is 1.89. The van der Waals surface area contributed by atoms with Crippen molar-refractivity contribution in [2.45, 2.75) is 25.2 Å². The van der Waals surface area contributed by atoms with E-state index in [-0.39, 0.29) is 0 Å². The largest absolute Gasteiger partial charge is 0.489 e. The average Bonchev–Trinajstić information content (AvgIpc) is 2.58. The Morgan fingerprint density at radius 3 is 2.32 bits per heavy atom. The summed E-state index contributed by atoms with van der Waals surface area (Å²) in [5.41, 5.74) is 1.80. The van der Waals surface area contributed by atoms with Gasteiger partial charge < -0.3 is 20.3 Å². The molecule has 4 heteroatoms. The topological polar surface area (TPSA) is 61.7 Å². The number of hydrogen-bond donors (Lipinski definition) is 3. The SMILES string of the molecule is CNCCC(O)C(O)c1ccc(OCc2ccccc2)cc1. The van der Waals surface area contributed by atoms with Crippen LogP contribution in [-0.4, -0.2) is 29.9 Å². The molecule has 0 radical (unpaired) electrons. The zero-order valence-corrected chi connectivity index (χ0v) is 12.8. The maximum absolute atomic E-state index is 10.1. The smallest absolute Gasteiger partial charge is 0.119 e. The van der Waals surface area contributed by atoms with E-state index in [1.807, 2.05) is 49.5 Å². The first kappa shape index (κ1) is 16.5. The van der Waals surface area contributed by atoms with Gasteiger partial charge in [0.2, 0.25) is 0 Å². The van der Waals surface area contributed by atoms with Crippen molar-refractivity contribution in [2.75, 3.05) is 13.6 Å². The Kier molecular flexibility index (Phi) is 6.40. The van der Waals surface area contributed by atoms with Crippen molar-refractivity contribution in [2.24, 2.45) is 0 Å². The second-order valence-electron chi connectivity index (χ2n) is 5.25. The molecule has 2 unspecified atom stereocenters. The highest BCUT2D eigenvalue weighted by Gasteiger charge is 2.17. The quantitative estimate of drug-likeness (QED) is 0.700. The summed E-state index contributed by atoms with van der Waals surface area (Å²) in [5, 5.41) is 23.0. The van der Waals surface area contributed by atoms with E-state index in [1.54, 1.807) is 12.1 Å². The van der Waals surface area contributed by atoms with Gasteiger partial charge in [-0.15, -0.1) is 0 Å². The van der Waals surface area contributed by atoms with Gasteiger partial charge in [-0.3, -0.25) is 0 Å². The van der Waals surface area contributed by atoms with Crippen molar-refractivity contribution in [3.63, 3.8) is 0 Å². The molecule has 0 fully saturated rings. The van der Waals surface area contributed by atoms with Crippen LogP contribution in [0, 0.1) is 0 Å². The molecule has 2 rings (SSSR count). The molecule has 4 nitrogen and oxygen atoms in total. The summed E-state index contributed by atoms with van der Waals surface area (Å²) in [4.78, 5) is 0. The minimum atomic E-state index is -0.878. The summed E-state index contributed by atoms with van der Waals surface area (Å²) in [5.74, 6) is 0.740. The van der Waals surface area contributed by atoms with E-state index in [2.05, 4.69) is 5.32 Å². The van der Waals surface area contributed by atoms with E-state index < -0.39 is 12.2 Å². The maximum atomic E-state index is 10.1. The molecule has 22 heavy (non-hydrogen) atoms. The monoisotopic (exact) mass is 301 g/mol. The van der Waals surface area contributed by atoms with Gasteiger partial charge in [0.15, 0.2) is 0 Å². The molecule has 2 aromatic carbocycles. The first-order valence-corrected chi connectivity index (χ1v) is 7.48. The van der Waals surface area contributed by atoms with Crippen molar-refractivity contribution < 1.29 is 14.9 Å². The molecule has 0 heterocycles. The molecule has 2 atom stereocenters. The third-order valence-corrected chi connectivity index (χ3v) is 3.52. The second kappa shape index (κ2) is 8.54. The van der Waals surface area contributed by atoms with Crippen molar-refractivity contribution in [3.05, 3.63) is 65.7 Å². The Morgan fingerprint density at radius 2 is 1.68 bits per heavy atom. The summed E-state index contributed by atoms with van der Waals surface area (Å²) in [6, 6.07) is 17.1. The van der Waals surface area contributed by atoms with E-state index >= 15 is 0 Å². The molecule has 118 valence electrons. The third-order valence-electron chi connectivity index (χ3n) is 3.52. The highest BCUT2D eigenvalue weighted by molar-refractivity contribution is 5.29. The van der Waals surface area contributed by atoms with E-state index in [0.717, 1.165) is 11.3 Å². The van der Waals surface area contributed by atoms with Crippen LogP contribution in [0.4, 0.5) is 0 Å². The minimum Gasteiger partial charge on any atom is -0.489 e. The molecule has 0 aliphatic rings. The Bertz CT molecular complexity index is 542. The lowest BCUT2D eigenvalue weighted by Crippen LogP contribution is -2.23. The van der Waals surface area contributed by atoms with Gasteiger partial charge in [0, 0.05) is 0 Å². The van der Waals surface area contributed by atoms with Crippen LogP contribution < -0.4 is 10.1 Å². The lowest BCUT2D eigenvalue weighted by molar-refractivity contribution is 0.0140. The van der Waals surface area contributed by atoms with Crippen LogP contribution in [0.5, 0.6) is 5.75 Å². The van der Waals surface area contributed by atoms with Crippen LogP contribution in [0.15, 0.2) is 54.6 Å². The molecule has 0 aliphatic heterocycles. The lowest BCUT2D eigenvalue weighted by Gasteiger charge is -2.18. The molecule has 3 N–H and O–H groups in total. The number of ether oxygens (including phenoxy) is 1. The zero-order chi connectivity index (χ0) is 15.8. The lowest BCUT2D eigenvalue weighted by atomic mass is 10.0. The molecule has 0 saturated heterocycles. The second-order valence-corrected chi connectivity index (χ2v) is 5.25. The van der Waals surface area contributed by atoms with Gasteiger partial charge in [0.25, 0.3) is 0 Å². The van der Waals surface area contributed by atoms with Gasteiger partial charge in [-0.2, -0.15) is 0 Å². The van der Waals surface area contributed by atoms with Gasteiger partial charge in [0.1, 0.15) is 18.5 Å². The molecule has 0 spiro atoms. The van der Waals surface area contributed by atoms with Crippen molar-refractivity contribution in [1.82, 2.24) is 5.32 Å². The Hall–Kier alpha value is -1.88. The normalized spacial score (nSPS) is 13.6. The molecular formula is C18H23NO3. The summed E-state index contributed by atoms with van der Waals surface area (Å²) < 4.78 is 5.70. The van der Waals surface area contributed by atoms with E-state index in [0.29, 0.717) is 25.1 Å². The predicted octanol–water partition coefficient (Wildman–Crippen LogP) is 2.27. The molecule has 0 bridgehead atoms. The fourth-order valence-corrected chi connectivity index (χ4v) is 2.17. The van der Waals surface area contributed by atoms with E-state index in [1.165, 1.54) is 0 Å². The molecule has 2 aromatic rings. The molecular weight excluding hydrogens is 278 g/mol. The van der Waals surface area contributed by atoms with Gasteiger partial charge in [-0.25, -0.2) is 0 Å². The van der Waals surface area contributed by atoms with Crippen LogP contribution in [0.2, 0.25) is 0 Å². The van der Waals surface area contributed by atoms with E-state index in [4.69, 9.17) is 4.74 Å². The summed E-state index contributed by atoms with van der Waals surface area (Å²) in [6.45, 7) is 1.17. The van der Waals surface area contributed by atoms with Crippen molar-refractivity contribution in [1.29, 1.82) is 0 Å². The first-order chi connectivity index (χ1) is 10.7. The number of benzene rings is 2. The number of aliphatic hydroxyl groups is 2. The Labute approximate surface area is 131 Å². The van der Waals surface area contributed by atoms with Crippen molar-refractivity contribution in [3.8, 4) is 5.75 Å². The third kappa shape index (κ3) is 4.84. The van der Waals surface area contributed by atoms with Crippen LogP contribution in [0.25, 0.3) is 0 Å². The highest BCUT2D eigenvalue weighted by atomic mass is 16.5. The average molecular weight is 301 g/mol. The molecule has 0 amide bonds. The standard InChI is InChI=1S/C18H23NO3/c1-19-12-11-17(20)18(21)15-7-9-16(10-8-15)22-13-14-5-3-2-4-6-14/h2-10,17-21H,11-13H2,1H3. The van der Waals surface area contributed by atoms with Gasteiger partial charge in [0.05, 0.1) is 6.10 Å². The first-order valence-electron chi connectivity index (χ1n) is 7.48. The number of rotatable bonds is 8. The Morgan fingerprint density at radius 1 is 1.00 bits per heavy atom. The van der Waals surface area contributed by atoms with E-state index in [9.17, 15) is 10.2 Å². The van der Waals surface area contributed by atoms with Gasteiger partial charge >= 0.3 is 0 Å². The summed E-state index contributed by atoms with van der Waals surface area (Å²) in [6.07, 6.45) is -1.15. The van der Waals surface area contributed by atoms with Crippen LogP contribution >= 0.6 is 0 Å². The number of aliphatic hydroxyl groups excluding tert-OH is 2. The minimum absolute atomic E-state index is 0.504. The van der Waals surface area contributed by atoms with Crippen LogP contribution in [-0.2, 0) is 6.61 Å². The highest BCUT2D eigenvalue weighted by Crippen LogP contribution is 2.22. The molecule has 0 aliphatic carbocycles. The zero-order valence-electron chi connectivity index (χ0n) is 12.8.